The second-order valence-electron chi connectivity index (χ2n) is 18.7. The fraction of sp³-hybridized carbons (Fsp3) is 0.533. The van der Waals surface area contributed by atoms with Crippen LogP contribution < -0.4 is 19.9 Å². The van der Waals surface area contributed by atoms with Crippen molar-refractivity contribution < 1.29 is 32.3 Å². The molecule has 2 aromatic heterocycles. The van der Waals surface area contributed by atoms with Gasteiger partial charge in [-0.2, -0.15) is 18.3 Å². The van der Waals surface area contributed by atoms with E-state index < -0.39 is 30.7 Å². The molecule has 0 radical (unpaired) electrons. The van der Waals surface area contributed by atoms with Gasteiger partial charge in [0.15, 0.2) is 0 Å². The van der Waals surface area contributed by atoms with Gasteiger partial charge in [-0.3, -0.25) is 39.6 Å². The molecule has 61 heavy (non-hydrogen) atoms. The summed E-state index contributed by atoms with van der Waals surface area (Å²) in [5.74, 6) is 0.541. The molecule has 4 fully saturated rings. The second-order valence-corrected chi connectivity index (χ2v) is 18.7. The molecule has 8 heterocycles. The van der Waals surface area contributed by atoms with Gasteiger partial charge in [0.05, 0.1) is 53.6 Å². The Bertz CT molecular complexity index is 2410. The Morgan fingerprint density at radius 3 is 2.56 bits per heavy atom. The average molecular weight is 838 g/mol. The zero-order valence-corrected chi connectivity index (χ0v) is 34.2. The first kappa shape index (κ1) is 38.7. The summed E-state index contributed by atoms with van der Waals surface area (Å²) in [5.41, 5.74) is 7.20. The van der Waals surface area contributed by atoms with Gasteiger partial charge in [-0.1, -0.05) is 6.07 Å². The Morgan fingerprint density at radius 1 is 0.951 bits per heavy atom. The molecule has 1 aliphatic carbocycles. The lowest BCUT2D eigenvalue weighted by Crippen LogP contribution is -2.59. The third kappa shape index (κ3) is 6.71. The molecule has 2 N–H and O–H groups in total. The van der Waals surface area contributed by atoms with Crippen molar-refractivity contribution in [3.63, 3.8) is 0 Å². The first-order chi connectivity index (χ1) is 29.4. The lowest BCUT2D eigenvalue weighted by atomic mass is 9.65. The van der Waals surface area contributed by atoms with Gasteiger partial charge in [0.1, 0.15) is 18.4 Å². The van der Waals surface area contributed by atoms with Crippen molar-refractivity contribution >= 4 is 40.0 Å². The largest absolute Gasteiger partial charge is 0.489 e. The predicted octanol–water partition coefficient (Wildman–Crippen LogP) is 5.20. The maximum Gasteiger partial charge on any atom is 0.401 e. The van der Waals surface area contributed by atoms with Gasteiger partial charge in [0.25, 0.3) is 5.91 Å². The van der Waals surface area contributed by atoms with E-state index in [9.17, 15) is 27.6 Å². The highest BCUT2D eigenvalue weighted by molar-refractivity contribution is 6.06. The van der Waals surface area contributed by atoms with Crippen LogP contribution in [0.4, 0.5) is 24.5 Å². The number of ether oxygens (including phenoxy) is 1. The van der Waals surface area contributed by atoms with E-state index in [1.165, 1.54) is 25.7 Å². The van der Waals surface area contributed by atoms with Crippen LogP contribution in [0.15, 0.2) is 48.8 Å². The number of amides is 3. The number of piperazine rings is 1. The quantitative estimate of drug-likeness (QED) is 0.250. The van der Waals surface area contributed by atoms with Gasteiger partial charge in [-0.25, -0.2) is 0 Å². The van der Waals surface area contributed by atoms with Crippen LogP contribution in [0.1, 0.15) is 84.2 Å². The molecule has 1 spiro atoms. The Kier molecular flexibility index (Phi) is 9.15. The zero-order valence-electron chi connectivity index (χ0n) is 34.2. The van der Waals surface area contributed by atoms with Gasteiger partial charge in [0, 0.05) is 80.2 Å². The number of carbonyl (C=O) groups is 3. The van der Waals surface area contributed by atoms with E-state index in [2.05, 4.69) is 30.2 Å². The third-order valence-corrected chi connectivity index (χ3v) is 14.9. The summed E-state index contributed by atoms with van der Waals surface area (Å²) in [5, 5.41) is 10.6. The molecule has 3 amide bonds. The van der Waals surface area contributed by atoms with E-state index in [1.54, 1.807) is 16.0 Å². The van der Waals surface area contributed by atoms with E-state index in [-0.39, 0.29) is 35.7 Å². The van der Waals surface area contributed by atoms with Gasteiger partial charge in [-0.05, 0) is 92.8 Å². The van der Waals surface area contributed by atoms with Crippen LogP contribution in [0.5, 0.6) is 5.75 Å². The van der Waals surface area contributed by atoms with Crippen LogP contribution in [-0.2, 0) is 22.6 Å². The second kappa shape index (κ2) is 14.4. The average Bonchev–Trinajstić information content (AvgIpc) is 3.85. The van der Waals surface area contributed by atoms with Crippen LogP contribution in [0.25, 0.3) is 10.9 Å². The first-order valence-electron chi connectivity index (χ1n) is 21.8. The number of piperidine rings is 1. The number of fused-ring (bicyclic) bond motifs is 8. The molecule has 4 atom stereocenters. The summed E-state index contributed by atoms with van der Waals surface area (Å²) in [6.45, 7) is 7.42. The normalized spacial score (nSPS) is 26.8. The van der Waals surface area contributed by atoms with Crippen LogP contribution in [0.2, 0.25) is 0 Å². The summed E-state index contributed by atoms with van der Waals surface area (Å²) < 4.78 is 48.1. The monoisotopic (exact) mass is 837 g/mol. The Balaban J connectivity index is 0.705. The third-order valence-electron chi connectivity index (χ3n) is 14.9. The maximum atomic E-state index is 13.9. The van der Waals surface area contributed by atoms with Gasteiger partial charge in [-0.15, -0.1) is 0 Å². The zero-order chi connectivity index (χ0) is 41.8. The minimum atomic E-state index is -4.34. The number of nitrogens with one attached hydrogen (secondary N) is 2. The number of H-pyrrole nitrogens is 1. The SMILES string of the molecule is C[C@@H]1Cc2c(ccc3[nH]ncc23)[C@@H](c2ccc(N3CC4(CCC(CN5CCN6c7c(ccc8c7CN(C7CCC(=O)NC7=O)C8=O)OC[C@@H]6C5)CC4)C3)cn2)N1CC(F)(F)F. The molecular formula is C45H50F3N9O4. The topological polar surface area (TPSA) is 130 Å². The van der Waals surface area contributed by atoms with Crippen molar-refractivity contribution in [1.29, 1.82) is 0 Å². The summed E-state index contributed by atoms with van der Waals surface area (Å²) in [4.78, 5) is 53.4. The number of pyridine rings is 1. The number of rotatable bonds is 6. The molecule has 1 saturated carbocycles. The summed E-state index contributed by atoms with van der Waals surface area (Å²) >= 11 is 0. The van der Waals surface area contributed by atoms with E-state index in [4.69, 9.17) is 9.72 Å². The molecule has 4 aromatic rings. The van der Waals surface area contributed by atoms with Gasteiger partial charge >= 0.3 is 6.18 Å². The summed E-state index contributed by atoms with van der Waals surface area (Å²) in [6.07, 6.45) is 5.06. The minimum Gasteiger partial charge on any atom is -0.489 e. The standard InChI is InChI=1S/C45H50F3N9O4/c1-26-16-32-30(3-6-35-33(32)18-50-52-35)40(57(26)25-45(46,47)48)36-5-2-28(17-49-36)54-23-44(24-54)12-10-27(11-13-44)19-53-14-15-55-29(20-53)22-61-38-8-4-31-34(41(38)55)21-56(43(31)60)37-7-9-39(58)51-42(37)59/h2-6,8,17-18,26-27,29,37,40H,7,9-16,19-25H2,1H3,(H,50,52)(H,51,58,59)/t26-,29+,37?,40+/m1/s1. The molecule has 3 saturated heterocycles. The summed E-state index contributed by atoms with van der Waals surface area (Å²) in [7, 11) is 0. The van der Waals surface area contributed by atoms with Crippen molar-refractivity contribution in [2.75, 3.05) is 62.2 Å². The van der Waals surface area contributed by atoms with E-state index in [0.717, 1.165) is 84.0 Å². The number of carbonyl (C=O) groups excluding carboxylic acids is 3. The molecular weight excluding hydrogens is 788 g/mol. The number of hydrogen-bond acceptors (Lipinski definition) is 10. The molecule has 7 aliphatic rings. The van der Waals surface area contributed by atoms with Crippen molar-refractivity contribution in [2.45, 2.75) is 88.8 Å². The predicted molar refractivity (Wildman–Crippen MR) is 220 cm³/mol. The summed E-state index contributed by atoms with van der Waals surface area (Å²) in [6, 6.07) is 10.1. The Hall–Kier alpha value is -5.22. The molecule has 2 aromatic carbocycles. The van der Waals surface area contributed by atoms with Crippen molar-refractivity contribution in [3.8, 4) is 5.75 Å². The molecule has 1 unspecified atom stereocenters. The van der Waals surface area contributed by atoms with E-state index in [1.807, 2.05) is 49.5 Å². The van der Waals surface area contributed by atoms with Crippen molar-refractivity contribution in [2.24, 2.45) is 11.3 Å². The number of aromatic amines is 1. The molecule has 320 valence electrons. The number of imide groups is 1. The number of halogens is 3. The highest BCUT2D eigenvalue weighted by Crippen LogP contribution is 2.49. The maximum absolute atomic E-state index is 13.9. The highest BCUT2D eigenvalue weighted by atomic mass is 19.4. The number of nitrogens with zero attached hydrogens (tertiary/aromatic N) is 7. The lowest BCUT2D eigenvalue weighted by Gasteiger charge is -2.55. The molecule has 11 rings (SSSR count). The van der Waals surface area contributed by atoms with Crippen LogP contribution in [0, 0.1) is 11.3 Å². The van der Waals surface area contributed by atoms with Gasteiger partial charge in [0.2, 0.25) is 11.8 Å². The Labute approximate surface area is 351 Å². The molecule has 0 bridgehead atoms. The molecule has 16 heteroatoms. The number of anilines is 2. The molecule has 13 nitrogen and oxygen atoms in total. The smallest absolute Gasteiger partial charge is 0.401 e. The van der Waals surface area contributed by atoms with Crippen LogP contribution >= 0.6 is 0 Å². The first-order valence-corrected chi connectivity index (χ1v) is 21.8. The lowest BCUT2D eigenvalue weighted by molar-refractivity contribution is -0.155. The van der Waals surface area contributed by atoms with Crippen molar-refractivity contribution in [1.82, 2.24) is 35.2 Å². The fourth-order valence-electron chi connectivity index (χ4n) is 11.8. The Morgan fingerprint density at radius 2 is 1.79 bits per heavy atom. The highest BCUT2D eigenvalue weighted by Gasteiger charge is 2.48. The van der Waals surface area contributed by atoms with Crippen molar-refractivity contribution in [3.05, 3.63) is 76.7 Å². The van der Waals surface area contributed by atoms with Crippen LogP contribution in [-0.4, -0.2) is 124 Å². The van der Waals surface area contributed by atoms with Crippen LogP contribution in [0.3, 0.4) is 0 Å². The number of benzene rings is 2. The van der Waals surface area contributed by atoms with E-state index in [0.29, 0.717) is 43.2 Å². The minimum absolute atomic E-state index is 0.166. The van der Waals surface area contributed by atoms with Gasteiger partial charge < -0.3 is 19.4 Å². The van der Waals surface area contributed by atoms with E-state index >= 15 is 0 Å². The number of hydrogen-bond donors (Lipinski definition) is 2. The number of aromatic nitrogens is 3. The number of alkyl halides is 3. The fourth-order valence-corrected chi connectivity index (χ4v) is 11.8. The molecule has 6 aliphatic heterocycles.